The Hall–Kier alpha value is -3.14. The Kier molecular flexibility index (Phi) is 3.27. The average molecular weight is 301 g/mol. The van der Waals surface area contributed by atoms with E-state index >= 15 is 0 Å². The van der Waals surface area contributed by atoms with Crippen LogP contribution in [0.3, 0.4) is 0 Å². The predicted molar refractivity (Wildman–Crippen MR) is 90.4 cm³/mol. The second-order valence-corrected chi connectivity index (χ2v) is 5.27. The van der Waals surface area contributed by atoms with Crippen molar-refractivity contribution in [1.82, 2.24) is 14.6 Å². The number of hydrogen-bond donors (Lipinski definition) is 0. The normalized spacial score (nSPS) is 10.8. The Balaban J connectivity index is 1.75. The van der Waals surface area contributed by atoms with Gasteiger partial charge in [0, 0.05) is 29.6 Å². The summed E-state index contributed by atoms with van der Waals surface area (Å²) in [5, 5.41) is 4.63. The smallest absolute Gasteiger partial charge is 0.155 e. The molecule has 0 saturated carbocycles. The van der Waals surface area contributed by atoms with Crippen LogP contribution in [0.25, 0.3) is 28.0 Å². The van der Waals surface area contributed by atoms with Gasteiger partial charge in [-0.05, 0) is 17.7 Å². The van der Waals surface area contributed by atoms with E-state index in [0.717, 1.165) is 33.8 Å². The van der Waals surface area contributed by atoms with Gasteiger partial charge in [-0.25, -0.2) is 9.50 Å². The van der Waals surface area contributed by atoms with Crippen molar-refractivity contribution in [1.29, 1.82) is 0 Å². The molecule has 0 aliphatic rings. The highest BCUT2D eigenvalue weighted by molar-refractivity contribution is 5.67. The fraction of sp³-hybridized carbons (Fsp3) is 0.0526. The van der Waals surface area contributed by atoms with Gasteiger partial charge in [-0.2, -0.15) is 5.10 Å². The number of rotatable bonds is 3. The Morgan fingerprint density at radius 3 is 2.39 bits per heavy atom. The van der Waals surface area contributed by atoms with E-state index in [4.69, 9.17) is 4.74 Å². The summed E-state index contributed by atoms with van der Waals surface area (Å²) in [4.78, 5) is 4.52. The van der Waals surface area contributed by atoms with Gasteiger partial charge in [0.25, 0.3) is 0 Å². The van der Waals surface area contributed by atoms with Crippen molar-refractivity contribution in [2.45, 2.75) is 0 Å². The predicted octanol–water partition coefficient (Wildman–Crippen LogP) is 4.07. The molecule has 2 aromatic heterocycles. The largest absolute Gasteiger partial charge is 0.497 e. The van der Waals surface area contributed by atoms with E-state index in [9.17, 15) is 0 Å². The first-order valence-electron chi connectivity index (χ1n) is 7.39. The van der Waals surface area contributed by atoms with Gasteiger partial charge in [0.2, 0.25) is 0 Å². The Morgan fingerprint density at radius 2 is 1.65 bits per heavy atom. The molecule has 0 unspecified atom stereocenters. The standard InChI is InChI=1S/C19H15N3O/c1-23-17-9-7-14(8-10-17)16-12-20-19-11-18(21-22(19)13-16)15-5-3-2-4-6-15/h2-13H,1H3. The van der Waals surface area contributed by atoms with Crippen molar-refractivity contribution in [3.63, 3.8) is 0 Å². The zero-order chi connectivity index (χ0) is 15.6. The van der Waals surface area contributed by atoms with E-state index in [0.29, 0.717) is 0 Å². The fourth-order valence-corrected chi connectivity index (χ4v) is 2.56. The van der Waals surface area contributed by atoms with Crippen molar-refractivity contribution in [2.75, 3.05) is 7.11 Å². The molecule has 4 heteroatoms. The highest BCUT2D eigenvalue weighted by Gasteiger charge is 2.07. The average Bonchev–Trinajstić information content (AvgIpc) is 3.06. The van der Waals surface area contributed by atoms with Crippen molar-refractivity contribution >= 4 is 5.65 Å². The molecule has 0 aliphatic heterocycles. The minimum atomic E-state index is 0.834. The van der Waals surface area contributed by atoms with Crippen LogP contribution in [0.2, 0.25) is 0 Å². The zero-order valence-corrected chi connectivity index (χ0v) is 12.7. The first kappa shape index (κ1) is 13.5. The minimum absolute atomic E-state index is 0.834. The second-order valence-electron chi connectivity index (χ2n) is 5.27. The third-order valence-electron chi connectivity index (χ3n) is 3.81. The second kappa shape index (κ2) is 5.57. The molecule has 0 fully saturated rings. The van der Waals surface area contributed by atoms with Crippen LogP contribution in [-0.2, 0) is 0 Å². The van der Waals surface area contributed by atoms with Crippen molar-refractivity contribution < 1.29 is 4.74 Å². The molecule has 0 atom stereocenters. The summed E-state index contributed by atoms with van der Waals surface area (Å²) < 4.78 is 7.02. The molecule has 4 aromatic rings. The van der Waals surface area contributed by atoms with Crippen molar-refractivity contribution in [3.05, 3.63) is 73.1 Å². The lowest BCUT2D eigenvalue weighted by atomic mass is 10.1. The van der Waals surface area contributed by atoms with Crippen LogP contribution in [0, 0.1) is 0 Å². The summed E-state index contributed by atoms with van der Waals surface area (Å²) in [5.74, 6) is 0.841. The van der Waals surface area contributed by atoms with Crippen molar-refractivity contribution in [3.8, 4) is 28.1 Å². The van der Waals surface area contributed by atoms with Crippen LogP contribution in [-0.4, -0.2) is 21.7 Å². The zero-order valence-electron chi connectivity index (χ0n) is 12.7. The van der Waals surface area contributed by atoms with E-state index in [1.807, 2.05) is 77.6 Å². The van der Waals surface area contributed by atoms with Crippen molar-refractivity contribution in [2.24, 2.45) is 0 Å². The summed E-state index contributed by atoms with van der Waals surface area (Å²) in [7, 11) is 1.66. The van der Waals surface area contributed by atoms with Gasteiger partial charge in [-0.3, -0.25) is 0 Å². The number of benzene rings is 2. The molecule has 23 heavy (non-hydrogen) atoms. The molecular formula is C19H15N3O. The molecule has 0 spiro atoms. The molecule has 4 rings (SSSR count). The van der Waals surface area contributed by atoms with Crippen LogP contribution < -0.4 is 4.74 Å². The SMILES string of the molecule is COc1ccc(-c2cnc3cc(-c4ccccc4)nn3c2)cc1. The molecule has 112 valence electrons. The summed E-state index contributed by atoms with van der Waals surface area (Å²) in [6, 6.07) is 20.0. The van der Waals surface area contributed by atoms with Gasteiger partial charge >= 0.3 is 0 Å². The van der Waals surface area contributed by atoms with E-state index in [1.54, 1.807) is 7.11 Å². The lowest BCUT2D eigenvalue weighted by Crippen LogP contribution is -1.91. The van der Waals surface area contributed by atoms with Crippen LogP contribution in [0.15, 0.2) is 73.1 Å². The molecular weight excluding hydrogens is 286 g/mol. The number of hydrogen-bond acceptors (Lipinski definition) is 3. The van der Waals surface area contributed by atoms with Crippen LogP contribution in [0.1, 0.15) is 0 Å². The number of aromatic nitrogens is 3. The topological polar surface area (TPSA) is 39.4 Å². The van der Waals surface area contributed by atoms with Gasteiger partial charge < -0.3 is 4.74 Å². The number of methoxy groups -OCH3 is 1. The Labute approximate surface area is 134 Å². The van der Waals surface area contributed by atoms with Gasteiger partial charge in [0.05, 0.1) is 12.8 Å². The van der Waals surface area contributed by atoms with Gasteiger partial charge in [-0.1, -0.05) is 42.5 Å². The number of nitrogens with zero attached hydrogens (tertiary/aromatic N) is 3. The highest BCUT2D eigenvalue weighted by atomic mass is 16.5. The van der Waals surface area contributed by atoms with E-state index in [1.165, 1.54) is 0 Å². The first-order valence-corrected chi connectivity index (χ1v) is 7.39. The lowest BCUT2D eigenvalue weighted by Gasteiger charge is -2.03. The summed E-state index contributed by atoms with van der Waals surface area (Å²) in [6.07, 6.45) is 3.87. The molecule has 0 bridgehead atoms. The monoisotopic (exact) mass is 301 g/mol. The lowest BCUT2D eigenvalue weighted by molar-refractivity contribution is 0.415. The maximum absolute atomic E-state index is 5.19. The third-order valence-corrected chi connectivity index (χ3v) is 3.81. The molecule has 2 heterocycles. The quantitative estimate of drug-likeness (QED) is 0.572. The van der Waals surface area contributed by atoms with Crippen LogP contribution >= 0.6 is 0 Å². The summed E-state index contributed by atoms with van der Waals surface area (Å²) in [6.45, 7) is 0. The molecule has 4 nitrogen and oxygen atoms in total. The summed E-state index contributed by atoms with van der Waals surface area (Å²) >= 11 is 0. The molecule has 0 N–H and O–H groups in total. The van der Waals surface area contributed by atoms with Crippen LogP contribution in [0.4, 0.5) is 0 Å². The minimum Gasteiger partial charge on any atom is -0.497 e. The third kappa shape index (κ3) is 2.55. The molecule has 0 radical (unpaired) electrons. The highest BCUT2D eigenvalue weighted by Crippen LogP contribution is 2.23. The molecule has 0 amide bonds. The van der Waals surface area contributed by atoms with E-state index in [-0.39, 0.29) is 0 Å². The Morgan fingerprint density at radius 1 is 0.870 bits per heavy atom. The first-order chi connectivity index (χ1) is 11.3. The summed E-state index contributed by atoms with van der Waals surface area (Å²) in [5.41, 5.74) is 4.94. The van der Waals surface area contributed by atoms with Crippen LogP contribution in [0.5, 0.6) is 5.75 Å². The fourth-order valence-electron chi connectivity index (χ4n) is 2.56. The molecule has 0 saturated heterocycles. The van der Waals surface area contributed by atoms with Gasteiger partial charge in [-0.15, -0.1) is 0 Å². The van der Waals surface area contributed by atoms with E-state index in [2.05, 4.69) is 10.1 Å². The maximum atomic E-state index is 5.19. The van der Waals surface area contributed by atoms with Gasteiger partial charge in [0.15, 0.2) is 5.65 Å². The number of fused-ring (bicyclic) bond motifs is 1. The maximum Gasteiger partial charge on any atom is 0.155 e. The molecule has 0 aliphatic carbocycles. The Bertz CT molecular complexity index is 943. The molecule has 2 aromatic carbocycles. The number of ether oxygens (including phenoxy) is 1. The van der Waals surface area contributed by atoms with Gasteiger partial charge in [0.1, 0.15) is 5.75 Å². The van der Waals surface area contributed by atoms with E-state index < -0.39 is 0 Å².